The second-order valence-electron chi connectivity index (χ2n) is 2.43. The summed E-state index contributed by atoms with van der Waals surface area (Å²) >= 11 is 0. The average Bonchev–Trinajstić information content (AvgIpc) is 1.59. The molecule has 4 nitrogen and oxygen atoms in total. The molecule has 0 spiro atoms. The van der Waals surface area contributed by atoms with Gasteiger partial charge in [0.1, 0.15) is 0 Å². The zero-order valence-electron chi connectivity index (χ0n) is 8.07. The molecule has 0 aliphatic carbocycles. The first-order valence-electron chi connectivity index (χ1n) is 3.03. The summed E-state index contributed by atoms with van der Waals surface area (Å²) in [7, 11) is -4.22. The van der Waals surface area contributed by atoms with E-state index in [1.807, 2.05) is 13.8 Å². The summed E-state index contributed by atoms with van der Waals surface area (Å²) in [5, 5.41) is 0. The number of rotatable bonds is 4. The molecule has 11 heavy (non-hydrogen) atoms. The van der Waals surface area contributed by atoms with E-state index in [9.17, 15) is 8.42 Å². The van der Waals surface area contributed by atoms with E-state index in [2.05, 4.69) is 4.18 Å². The van der Waals surface area contributed by atoms with Gasteiger partial charge in [0.2, 0.25) is 0 Å². The van der Waals surface area contributed by atoms with E-state index >= 15 is 0 Å². The van der Waals surface area contributed by atoms with Crippen molar-refractivity contribution in [3.63, 3.8) is 0 Å². The molecule has 6 heteroatoms. The average molecular weight is 208 g/mol. The van der Waals surface area contributed by atoms with Crippen molar-refractivity contribution >= 4 is 10.4 Å². The van der Waals surface area contributed by atoms with Crippen LogP contribution in [0.1, 0.15) is 21.7 Å². The molecule has 0 aromatic rings. The predicted molar refractivity (Wildman–Crippen MR) is 38.1 cm³/mol. The van der Waals surface area contributed by atoms with Crippen LogP contribution in [-0.2, 0) is 14.6 Å². The standard InChI is InChI=1S/C5H12O4S.K.H/c1-5(2)3-4-9-10(6,7)8;;/h5H,3-4H2,1-2H3,(H,6,7,8);;/q;+1;-1. The Labute approximate surface area is 112 Å². The monoisotopic (exact) mass is 208 g/mol. The maximum atomic E-state index is 9.95. The fourth-order valence-corrected chi connectivity index (χ4v) is 0.696. The van der Waals surface area contributed by atoms with Gasteiger partial charge < -0.3 is 1.43 Å². The topological polar surface area (TPSA) is 63.6 Å². The summed E-state index contributed by atoms with van der Waals surface area (Å²) < 4.78 is 32.0. The number of hydrogen-bond donors (Lipinski definition) is 1. The van der Waals surface area contributed by atoms with Crippen molar-refractivity contribution in [2.75, 3.05) is 6.61 Å². The van der Waals surface area contributed by atoms with Gasteiger partial charge in [-0.05, 0) is 12.3 Å². The summed E-state index contributed by atoms with van der Waals surface area (Å²) in [5.74, 6) is 0.377. The Kier molecular flexibility index (Phi) is 9.49. The molecule has 0 bridgehead atoms. The first-order valence-corrected chi connectivity index (χ1v) is 4.40. The molecule has 0 unspecified atom stereocenters. The first-order chi connectivity index (χ1) is 4.42. The van der Waals surface area contributed by atoms with Crippen molar-refractivity contribution in [2.24, 2.45) is 5.92 Å². The van der Waals surface area contributed by atoms with E-state index in [1.54, 1.807) is 0 Å². The van der Waals surface area contributed by atoms with Gasteiger partial charge in [-0.2, -0.15) is 8.42 Å². The summed E-state index contributed by atoms with van der Waals surface area (Å²) in [6.07, 6.45) is 0.625. The Morgan fingerprint density at radius 3 is 2.27 bits per heavy atom. The molecule has 64 valence electrons. The molecule has 0 aromatic carbocycles. The molecule has 0 saturated carbocycles. The second kappa shape index (κ2) is 6.96. The van der Waals surface area contributed by atoms with Crippen LogP contribution >= 0.6 is 0 Å². The summed E-state index contributed by atoms with van der Waals surface area (Å²) in [6.45, 7) is 3.93. The van der Waals surface area contributed by atoms with Crippen LogP contribution in [0.4, 0.5) is 0 Å². The normalized spacial score (nSPS) is 11.3. The van der Waals surface area contributed by atoms with Crippen LogP contribution in [0, 0.1) is 5.92 Å². The van der Waals surface area contributed by atoms with Gasteiger partial charge in [-0.15, -0.1) is 0 Å². The molecule has 0 aromatic heterocycles. The Morgan fingerprint density at radius 1 is 1.55 bits per heavy atom. The zero-order chi connectivity index (χ0) is 8.20. The van der Waals surface area contributed by atoms with Crippen LogP contribution < -0.4 is 51.4 Å². The van der Waals surface area contributed by atoms with Crippen molar-refractivity contribution in [3.8, 4) is 0 Å². The van der Waals surface area contributed by atoms with Gasteiger partial charge >= 0.3 is 61.8 Å². The van der Waals surface area contributed by atoms with Gasteiger partial charge in [-0.1, -0.05) is 13.8 Å². The van der Waals surface area contributed by atoms with Gasteiger partial charge in [0.05, 0.1) is 6.61 Å². The minimum absolute atomic E-state index is 0. The van der Waals surface area contributed by atoms with E-state index in [4.69, 9.17) is 4.55 Å². The molecule has 0 saturated heterocycles. The Bertz CT molecular complexity index is 180. The molecule has 0 rings (SSSR count). The molecular weight excluding hydrogens is 195 g/mol. The fourth-order valence-electron chi connectivity index (χ4n) is 0.389. The SMILES string of the molecule is CC(C)CCOS(=O)(=O)O.[H-].[K+]. The zero-order valence-corrected chi connectivity index (χ0v) is 11.0. The third kappa shape index (κ3) is 14.4. The van der Waals surface area contributed by atoms with Crippen molar-refractivity contribution < 1.29 is 70.0 Å². The van der Waals surface area contributed by atoms with E-state index in [0.29, 0.717) is 12.3 Å². The van der Waals surface area contributed by atoms with E-state index in [1.165, 1.54) is 0 Å². The maximum Gasteiger partial charge on any atom is 1.00 e. The molecule has 0 heterocycles. The van der Waals surface area contributed by atoms with Gasteiger partial charge in [0.25, 0.3) is 0 Å². The van der Waals surface area contributed by atoms with Gasteiger partial charge in [-0.25, -0.2) is 4.18 Å². The Balaban J connectivity index is -0.000000405. The molecule has 0 amide bonds. The molecule has 0 atom stereocenters. The Morgan fingerprint density at radius 2 is 2.00 bits per heavy atom. The first kappa shape index (κ1) is 15.0. The van der Waals surface area contributed by atoms with Crippen LogP contribution in [0.15, 0.2) is 0 Å². The van der Waals surface area contributed by atoms with Crippen molar-refractivity contribution in [2.45, 2.75) is 20.3 Å². The third-order valence-corrected chi connectivity index (χ3v) is 1.39. The largest absolute Gasteiger partial charge is 1.00 e. The molecule has 0 aliphatic rings. The summed E-state index contributed by atoms with van der Waals surface area (Å²) in [5.41, 5.74) is 0. The second-order valence-corrected chi connectivity index (χ2v) is 3.52. The van der Waals surface area contributed by atoms with Gasteiger partial charge in [0, 0.05) is 0 Å². The van der Waals surface area contributed by atoms with E-state index < -0.39 is 10.4 Å². The van der Waals surface area contributed by atoms with Gasteiger partial charge in [0.15, 0.2) is 0 Å². The molecule has 0 radical (unpaired) electrons. The minimum atomic E-state index is -4.22. The van der Waals surface area contributed by atoms with Crippen molar-refractivity contribution in [1.29, 1.82) is 0 Å². The quantitative estimate of drug-likeness (QED) is 0.427. The smallest absolute Gasteiger partial charge is 1.00 e. The van der Waals surface area contributed by atoms with Crippen LogP contribution in [-0.4, -0.2) is 19.6 Å². The molecule has 1 N–H and O–H groups in total. The van der Waals surface area contributed by atoms with Gasteiger partial charge in [-0.3, -0.25) is 4.55 Å². The van der Waals surface area contributed by atoms with Crippen molar-refractivity contribution in [1.82, 2.24) is 0 Å². The van der Waals surface area contributed by atoms with Crippen LogP contribution in [0.3, 0.4) is 0 Å². The summed E-state index contributed by atoms with van der Waals surface area (Å²) in [4.78, 5) is 0. The fraction of sp³-hybridized carbons (Fsp3) is 1.00. The Hall–Kier alpha value is 1.51. The van der Waals surface area contributed by atoms with E-state index in [0.717, 1.165) is 0 Å². The maximum absolute atomic E-state index is 9.95. The third-order valence-electron chi connectivity index (χ3n) is 0.927. The van der Waals surface area contributed by atoms with Crippen LogP contribution in [0.25, 0.3) is 0 Å². The predicted octanol–water partition coefficient (Wildman–Crippen LogP) is -2.03. The minimum Gasteiger partial charge on any atom is -1.00 e. The molecular formula is C5H13KO4S. The van der Waals surface area contributed by atoms with E-state index in [-0.39, 0.29) is 59.4 Å². The summed E-state index contributed by atoms with van der Waals surface area (Å²) in [6, 6.07) is 0. The van der Waals surface area contributed by atoms with Crippen LogP contribution in [0.2, 0.25) is 0 Å². The van der Waals surface area contributed by atoms with Crippen molar-refractivity contribution in [3.05, 3.63) is 0 Å². The molecule has 0 fully saturated rings. The number of hydrogen-bond acceptors (Lipinski definition) is 3. The van der Waals surface area contributed by atoms with Crippen LogP contribution in [0.5, 0.6) is 0 Å². The molecule has 0 aliphatic heterocycles.